The average Bonchev–Trinajstić information content (AvgIpc) is 3.04. The summed E-state index contributed by atoms with van der Waals surface area (Å²) >= 11 is 3.05. The molecule has 0 aromatic carbocycles. The number of carbonyl (C=O) groups is 1. The lowest BCUT2D eigenvalue weighted by molar-refractivity contribution is 0.0939. The highest BCUT2D eigenvalue weighted by Crippen LogP contribution is 2.31. The highest BCUT2D eigenvalue weighted by Gasteiger charge is 2.18. The van der Waals surface area contributed by atoms with Crippen molar-refractivity contribution >= 4 is 28.6 Å². The van der Waals surface area contributed by atoms with E-state index >= 15 is 0 Å². The molecule has 0 fully saturated rings. The number of amides is 1. The van der Waals surface area contributed by atoms with Crippen LogP contribution in [0.15, 0.2) is 17.5 Å². The Labute approximate surface area is 126 Å². The number of aryl methyl sites for hydroxylation is 1. The van der Waals surface area contributed by atoms with Crippen LogP contribution < -0.4 is 5.32 Å². The number of rotatable bonds is 6. The zero-order chi connectivity index (χ0) is 14.5. The number of aromatic nitrogens is 1. The number of thiazole rings is 1. The zero-order valence-corrected chi connectivity index (χ0v) is 13.2. The van der Waals surface area contributed by atoms with Crippen LogP contribution in [0.3, 0.4) is 0 Å². The molecule has 0 aliphatic rings. The molecule has 2 N–H and O–H groups in total. The fourth-order valence-electron chi connectivity index (χ4n) is 1.87. The van der Waals surface area contributed by atoms with E-state index in [1.54, 1.807) is 11.3 Å². The highest BCUT2D eigenvalue weighted by atomic mass is 32.1. The number of nitrogens with zero attached hydrogens (tertiary/aromatic N) is 1. The van der Waals surface area contributed by atoms with Crippen molar-refractivity contribution in [2.75, 3.05) is 6.61 Å². The second-order valence-electron chi connectivity index (χ2n) is 4.65. The minimum Gasteiger partial charge on any atom is -0.396 e. The lowest BCUT2D eigenvalue weighted by Gasteiger charge is -2.12. The Morgan fingerprint density at radius 2 is 2.35 bits per heavy atom. The van der Waals surface area contributed by atoms with Crippen LogP contribution in [-0.4, -0.2) is 28.6 Å². The van der Waals surface area contributed by atoms with Crippen LogP contribution in [-0.2, 0) is 0 Å². The summed E-state index contributed by atoms with van der Waals surface area (Å²) in [5, 5.41) is 14.7. The molecule has 0 radical (unpaired) electrons. The SMILES string of the molecule is Cc1nc(-c2cccs2)sc1C(=O)NC(C)CCCO. The van der Waals surface area contributed by atoms with Gasteiger partial charge in [-0.1, -0.05) is 6.07 Å². The largest absolute Gasteiger partial charge is 0.396 e. The van der Waals surface area contributed by atoms with Crippen molar-refractivity contribution in [1.82, 2.24) is 10.3 Å². The maximum atomic E-state index is 12.2. The van der Waals surface area contributed by atoms with Crippen molar-refractivity contribution in [2.24, 2.45) is 0 Å². The predicted molar refractivity (Wildman–Crippen MR) is 83.4 cm³/mol. The van der Waals surface area contributed by atoms with Gasteiger partial charge < -0.3 is 10.4 Å². The molecule has 108 valence electrons. The third-order valence-electron chi connectivity index (χ3n) is 2.91. The average molecular weight is 310 g/mol. The molecule has 0 bridgehead atoms. The third-order valence-corrected chi connectivity index (χ3v) is 5.10. The van der Waals surface area contributed by atoms with Gasteiger partial charge in [-0.15, -0.1) is 22.7 Å². The van der Waals surface area contributed by atoms with Gasteiger partial charge in [-0.3, -0.25) is 4.79 Å². The van der Waals surface area contributed by atoms with Gasteiger partial charge in [-0.25, -0.2) is 4.98 Å². The lowest BCUT2D eigenvalue weighted by atomic mass is 10.2. The summed E-state index contributed by atoms with van der Waals surface area (Å²) in [6.45, 7) is 3.97. The molecule has 0 spiro atoms. The molecule has 0 aliphatic carbocycles. The molecule has 4 nitrogen and oxygen atoms in total. The van der Waals surface area contributed by atoms with Gasteiger partial charge in [0.05, 0.1) is 10.6 Å². The monoisotopic (exact) mass is 310 g/mol. The van der Waals surface area contributed by atoms with E-state index in [-0.39, 0.29) is 18.6 Å². The van der Waals surface area contributed by atoms with E-state index < -0.39 is 0 Å². The van der Waals surface area contributed by atoms with E-state index in [9.17, 15) is 4.79 Å². The number of carbonyl (C=O) groups excluding carboxylic acids is 1. The number of aliphatic hydroxyl groups excluding tert-OH is 1. The second-order valence-corrected chi connectivity index (χ2v) is 6.60. The summed E-state index contributed by atoms with van der Waals surface area (Å²) in [6.07, 6.45) is 1.47. The van der Waals surface area contributed by atoms with Crippen LogP contribution >= 0.6 is 22.7 Å². The first-order valence-corrected chi connectivity index (χ1v) is 8.24. The van der Waals surface area contributed by atoms with E-state index in [4.69, 9.17) is 5.11 Å². The van der Waals surface area contributed by atoms with Gasteiger partial charge in [0, 0.05) is 12.6 Å². The van der Waals surface area contributed by atoms with Crippen molar-refractivity contribution in [3.8, 4) is 9.88 Å². The van der Waals surface area contributed by atoms with Crippen LogP contribution in [0.2, 0.25) is 0 Å². The number of hydrogen-bond donors (Lipinski definition) is 2. The van der Waals surface area contributed by atoms with Gasteiger partial charge in [0.2, 0.25) is 0 Å². The van der Waals surface area contributed by atoms with Crippen molar-refractivity contribution < 1.29 is 9.90 Å². The second kappa shape index (κ2) is 6.97. The van der Waals surface area contributed by atoms with E-state index in [0.29, 0.717) is 11.3 Å². The molecule has 2 heterocycles. The van der Waals surface area contributed by atoms with Crippen molar-refractivity contribution in [3.63, 3.8) is 0 Å². The first kappa shape index (κ1) is 15.2. The van der Waals surface area contributed by atoms with Crippen LogP contribution in [0.1, 0.15) is 35.1 Å². The van der Waals surface area contributed by atoms with E-state index in [0.717, 1.165) is 22.0 Å². The summed E-state index contributed by atoms with van der Waals surface area (Å²) < 4.78 is 0. The highest BCUT2D eigenvalue weighted by molar-refractivity contribution is 7.22. The molecule has 1 unspecified atom stereocenters. The van der Waals surface area contributed by atoms with E-state index in [1.807, 2.05) is 31.4 Å². The summed E-state index contributed by atoms with van der Waals surface area (Å²) in [5.74, 6) is -0.0757. The molecular formula is C14H18N2O2S2. The molecule has 2 aromatic rings. The summed E-state index contributed by atoms with van der Waals surface area (Å²) in [5.41, 5.74) is 0.769. The Morgan fingerprint density at radius 1 is 1.55 bits per heavy atom. The Kier molecular flexibility index (Phi) is 5.28. The predicted octanol–water partition coefficient (Wildman–Crippen LogP) is 3.07. The number of thiophene rings is 1. The molecule has 20 heavy (non-hydrogen) atoms. The zero-order valence-electron chi connectivity index (χ0n) is 11.5. The van der Waals surface area contributed by atoms with Crippen LogP contribution in [0, 0.1) is 6.92 Å². The summed E-state index contributed by atoms with van der Waals surface area (Å²) in [7, 11) is 0. The summed E-state index contributed by atoms with van der Waals surface area (Å²) in [6, 6.07) is 4.04. The summed E-state index contributed by atoms with van der Waals surface area (Å²) in [4.78, 5) is 18.5. The van der Waals surface area contributed by atoms with Crippen LogP contribution in [0.4, 0.5) is 0 Å². The molecular weight excluding hydrogens is 292 g/mol. The van der Waals surface area contributed by atoms with E-state index in [2.05, 4.69) is 10.3 Å². The first-order chi connectivity index (χ1) is 9.61. The fourth-order valence-corrected chi connectivity index (χ4v) is 3.64. The number of hydrogen-bond acceptors (Lipinski definition) is 5. The lowest BCUT2D eigenvalue weighted by Crippen LogP contribution is -2.32. The topological polar surface area (TPSA) is 62.2 Å². The maximum absolute atomic E-state index is 12.2. The van der Waals surface area contributed by atoms with E-state index in [1.165, 1.54) is 11.3 Å². The van der Waals surface area contributed by atoms with Crippen molar-refractivity contribution in [2.45, 2.75) is 32.7 Å². The maximum Gasteiger partial charge on any atom is 0.263 e. The molecule has 2 aromatic heterocycles. The fraction of sp³-hybridized carbons (Fsp3) is 0.429. The van der Waals surface area contributed by atoms with Crippen molar-refractivity contribution in [3.05, 3.63) is 28.1 Å². The number of aliphatic hydroxyl groups is 1. The molecule has 0 saturated carbocycles. The van der Waals surface area contributed by atoms with Gasteiger partial charge in [-0.05, 0) is 38.1 Å². The van der Waals surface area contributed by atoms with Gasteiger partial charge in [0.25, 0.3) is 5.91 Å². The minimum absolute atomic E-state index is 0.0568. The third kappa shape index (κ3) is 3.65. The molecule has 1 amide bonds. The Hall–Kier alpha value is -1.24. The number of nitrogens with one attached hydrogen (secondary N) is 1. The quantitative estimate of drug-likeness (QED) is 0.862. The Bertz CT molecular complexity index is 564. The van der Waals surface area contributed by atoms with Crippen molar-refractivity contribution in [1.29, 1.82) is 0 Å². The van der Waals surface area contributed by atoms with Gasteiger partial charge in [0.15, 0.2) is 0 Å². The molecule has 6 heteroatoms. The van der Waals surface area contributed by atoms with Gasteiger partial charge >= 0.3 is 0 Å². The first-order valence-electron chi connectivity index (χ1n) is 6.55. The van der Waals surface area contributed by atoms with Crippen LogP contribution in [0.5, 0.6) is 0 Å². The molecule has 2 rings (SSSR count). The smallest absolute Gasteiger partial charge is 0.263 e. The minimum atomic E-state index is -0.0757. The molecule has 1 atom stereocenters. The standard InChI is InChI=1S/C14H18N2O2S2/c1-9(5-3-7-17)15-13(18)12-10(2)16-14(20-12)11-6-4-8-19-11/h4,6,8-9,17H,3,5,7H2,1-2H3,(H,15,18). The normalized spacial score (nSPS) is 12.3. The van der Waals surface area contributed by atoms with Gasteiger partial charge in [0.1, 0.15) is 9.88 Å². The molecule has 0 saturated heterocycles. The van der Waals surface area contributed by atoms with Gasteiger partial charge in [-0.2, -0.15) is 0 Å². The Morgan fingerprint density at radius 3 is 3.00 bits per heavy atom. The van der Waals surface area contributed by atoms with Crippen LogP contribution in [0.25, 0.3) is 9.88 Å². The Balaban J connectivity index is 2.07. The molecule has 0 aliphatic heterocycles.